The van der Waals surface area contributed by atoms with Gasteiger partial charge < -0.3 is 11.5 Å². The predicted molar refractivity (Wildman–Crippen MR) is 35.4 cm³/mol. The molecule has 0 saturated carbocycles. The van der Waals surface area contributed by atoms with Gasteiger partial charge >= 0.3 is 0 Å². The van der Waals surface area contributed by atoms with Crippen LogP contribution in [-0.2, 0) is 0 Å². The second kappa shape index (κ2) is 5.03. The summed E-state index contributed by atoms with van der Waals surface area (Å²) in [6, 6.07) is 0. The summed E-state index contributed by atoms with van der Waals surface area (Å²) in [5.74, 6) is 0. The fourth-order valence-corrected chi connectivity index (χ4v) is 0.452. The Balaban J connectivity index is 2.86. The first-order chi connectivity index (χ1) is 3.81. The molecule has 8 heavy (non-hydrogen) atoms. The van der Waals surface area contributed by atoms with E-state index in [0.717, 1.165) is 19.5 Å². The summed E-state index contributed by atoms with van der Waals surface area (Å²) in [6.07, 6.45) is 1.04. The first kappa shape index (κ1) is 7.88. The third-order valence-electron chi connectivity index (χ3n) is 1.06. The molecular weight excluding hydrogens is 102 g/mol. The van der Waals surface area contributed by atoms with Crippen molar-refractivity contribution in [1.82, 2.24) is 4.90 Å². The quantitative estimate of drug-likeness (QED) is 0.473. The van der Waals surface area contributed by atoms with Gasteiger partial charge in [0.05, 0.1) is 0 Å². The fourth-order valence-electron chi connectivity index (χ4n) is 0.452. The van der Waals surface area contributed by atoms with E-state index in [0.29, 0.717) is 6.67 Å². The molecule has 0 bridgehead atoms. The predicted octanol–water partition coefficient (Wildman–Crippen LogP) is -0.817. The van der Waals surface area contributed by atoms with Crippen LogP contribution in [0, 0.1) is 0 Å². The van der Waals surface area contributed by atoms with Crippen LogP contribution in [0.2, 0.25) is 0 Å². The third-order valence-corrected chi connectivity index (χ3v) is 1.06. The molecule has 0 amide bonds. The maximum Gasteiger partial charge on any atom is 0.0452 e. The van der Waals surface area contributed by atoms with Crippen molar-refractivity contribution in [3.8, 4) is 0 Å². The number of hydrogen-bond donors (Lipinski definition) is 2. The zero-order chi connectivity index (χ0) is 6.41. The number of nitrogens with two attached hydrogens (primary N) is 2. The van der Waals surface area contributed by atoms with Gasteiger partial charge in [0.15, 0.2) is 0 Å². The lowest BCUT2D eigenvalue weighted by molar-refractivity contribution is 0.341. The second-order valence-corrected chi connectivity index (χ2v) is 1.90. The Morgan fingerprint density at radius 1 is 1.38 bits per heavy atom. The molecule has 0 radical (unpaired) electrons. The van der Waals surface area contributed by atoms with Crippen molar-refractivity contribution < 1.29 is 0 Å². The molecule has 0 aliphatic carbocycles. The van der Waals surface area contributed by atoms with E-state index in [9.17, 15) is 0 Å². The van der Waals surface area contributed by atoms with Gasteiger partial charge in [-0.1, -0.05) is 0 Å². The van der Waals surface area contributed by atoms with Crippen molar-refractivity contribution >= 4 is 0 Å². The Morgan fingerprint density at radius 3 is 2.38 bits per heavy atom. The highest BCUT2D eigenvalue weighted by Crippen LogP contribution is 1.79. The van der Waals surface area contributed by atoms with Gasteiger partial charge in [0, 0.05) is 13.2 Å². The lowest BCUT2D eigenvalue weighted by atomic mass is 10.4. The Morgan fingerprint density at radius 2 is 2.00 bits per heavy atom. The van der Waals surface area contributed by atoms with E-state index in [1.165, 1.54) is 0 Å². The summed E-state index contributed by atoms with van der Waals surface area (Å²) in [4.78, 5) is 2.03. The molecule has 0 aromatic rings. The summed E-state index contributed by atoms with van der Waals surface area (Å²) >= 11 is 0. The zero-order valence-corrected chi connectivity index (χ0v) is 5.43. The van der Waals surface area contributed by atoms with Crippen LogP contribution in [0.3, 0.4) is 0 Å². The van der Waals surface area contributed by atoms with Gasteiger partial charge in [-0.3, -0.25) is 4.90 Å². The maximum atomic E-state index is 5.30. The van der Waals surface area contributed by atoms with Crippen LogP contribution in [0.5, 0.6) is 0 Å². The molecular formula is C5H15N3. The van der Waals surface area contributed by atoms with Gasteiger partial charge in [-0.05, 0) is 20.0 Å². The van der Waals surface area contributed by atoms with Crippen LogP contribution in [0.15, 0.2) is 0 Å². The van der Waals surface area contributed by atoms with Crippen molar-refractivity contribution in [2.45, 2.75) is 6.42 Å². The Hall–Kier alpha value is -0.120. The van der Waals surface area contributed by atoms with Gasteiger partial charge in [-0.15, -0.1) is 0 Å². The van der Waals surface area contributed by atoms with E-state index in [1.807, 2.05) is 11.9 Å². The molecule has 0 aliphatic heterocycles. The minimum atomic E-state index is 0.625. The second-order valence-electron chi connectivity index (χ2n) is 1.90. The molecule has 4 N–H and O–H groups in total. The molecule has 0 aliphatic rings. The summed E-state index contributed by atoms with van der Waals surface area (Å²) in [6.45, 7) is 2.39. The van der Waals surface area contributed by atoms with E-state index < -0.39 is 0 Å². The molecule has 0 aromatic carbocycles. The van der Waals surface area contributed by atoms with Crippen LogP contribution in [-0.4, -0.2) is 31.7 Å². The van der Waals surface area contributed by atoms with E-state index >= 15 is 0 Å². The Labute approximate surface area is 50.6 Å². The van der Waals surface area contributed by atoms with E-state index in [2.05, 4.69) is 0 Å². The summed E-state index contributed by atoms with van der Waals surface area (Å²) in [5.41, 5.74) is 10.6. The molecule has 0 rings (SSSR count). The average Bonchev–Trinajstić information content (AvgIpc) is 1.83. The Kier molecular flexibility index (Phi) is 4.95. The van der Waals surface area contributed by atoms with E-state index in [4.69, 9.17) is 11.5 Å². The highest BCUT2D eigenvalue weighted by Gasteiger charge is 1.89. The molecule has 3 heteroatoms. The minimum absolute atomic E-state index is 0.625. The molecule has 0 unspecified atom stereocenters. The molecule has 0 atom stereocenters. The van der Waals surface area contributed by atoms with E-state index in [1.54, 1.807) is 0 Å². The molecule has 0 aromatic heterocycles. The van der Waals surface area contributed by atoms with E-state index in [-0.39, 0.29) is 0 Å². The van der Waals surface area contributed by atoms with Crippen molar-refractivity contribution in [2.75, 3.05) is 26.8 Å². The standard InChI is InChI=1S/C5H15N3/c1-8(5-7)4-2-3-6/h2-7H2,1H3. The summed E-state index contributed by atoms with van der Waals surface area (Å²) in [5, 5.41) is 0. The van der Waals surface area contributed by atoms with Crippen LogP contribution < -0.4 is 11.5 Å². The molecule has 3 nitrogen and oxygen atoms in total. The first-order valence-electron chi connectivity index (χ1n) is 2.90. The van der Waals surface area contributed by atoms with Crippen molar-refractivity contribution in [1.29, 1.82) is 0 Å². The first-order valence-corrected chi connectivity index (χ1v) is 2.90. The average molecular weight is 117 g/mol. The van der Waals surface area contributed by atoms with Crippen LogP contribution in [0.1, 0.15) is 6.42 Å². The van der Waals surface area contributed by atoms with Crippen LogP contribution >= 0.6 is 0 Å². The summed E-state index contributed by atoms with van der Waals surface area (Å²) in [7, 11) is 1.98. The fraction of sp³-hybridized carbons (Fsp3) is 1.00. The molecule has 0 heterocycles. The Bertz CT molecular complexity index is 46.9. The number of rotatable bonds is 4. The monoisotopic (exact) mass is 117 g/mol. The van der Waals surface area contributed by atoms with Gasteiger partial charge in [0.2, 0.25) is 0 Å². The van der Waals surface area contributed by atoms with Crippen molar-refractivity contribution in [3.05, 3.63) is 0 Å². The van der Waals surface area contributed by atoms with Crippen LogP contribution in [0.25, 0.3) is 0 Å². The lowest BCUT2D eigenvalue weighted by Gasteiger charge is -2.11. The molecule has 0 spiro atoms. The summed E-state index contributed by atoms with van der Waals surface area (Å²) < 4.78 is 0. The van der Waals surface area contributed by atoms with Gasteiger partial charge in [-0.2, -0.15) is 0 Å². The zero-order valence-electron chi connectivity index (χ0n) is 5.43. The van der Waals surface area contributed by atoms with Gasteiger partial charge in [-0.25, -0.2) is 0 Å². The SMILES string of the molecule is CN(CN)CCCN. The third kappa shape index (κ3) is 4.05. The normalized spacial score (nSPS) is 10.5. The van der Waals surface area contributed by atoms with Crippen molar-refractivity contribution in [3.63, 3.8) is 0 Å². The minimum Gasteiger partial charge on any atom is -0.330 e. The number of nitrogens with zero attached hydrogens (tertiary/aromatic N) is 1. The topological polar surface area (TPSA) is 55.3 Å². The maximum absolute atomic E-state index is 5.30. The molecule has 0 saturated heterocycles. The van der Waals surface area contributed by atoms with Crippen molar-refractivity contribution in [2.24, 2.45) is 11.5 Å². The molecule has 50 valence electrons. The smallest absolute Gasteiger partial charge is 0.0452 e. The highest BCUT2D eigenvalue weighted by molar-refractivity contribution is 4.45. The largest absolute Gasteiger partial charge is 0.330 e. The lowest BCUT2D eigenvalue weighted by Crippen LogP contribution is -2.27. The number of hydrogen-bond acceptors (Lipinski definition) is 3. The van der Waals surface area contributed by atoms with Gasteiger partial charge in [0.25, 0.3) is 0 Å². The van der Waals surface area contributed by atoms with Crippen LogP contribution in [0.4, 0.5) is 0 Å². The molecule has 0 fully saturated rings. The van der Waals surface area contributed by atoms with Gasteiger partial charge in [0.1, 0.15) is 0 Å². The highest BCUT2D eigenvalue weighted by atomic mass is 15.1.